The normalized spacial score (nSPS) is 13.7. The highest BCUT2D eigenvalue weighted by Gasteiger charge is 2.21. The standard InChI is InChI=1S/C6H5NO2Si/c1-4-6-5(2-3-7-4)8-10-9-6/h2-3H,1H3/p+1. The van der Waals surface area contributed by atoms with Crippen LogP contribution in [0.4, 0.5) is 0 Å². The lowest BCUT2D eigenvalue weighted by Gasteiger charge is -1.92. The summed E-state index contributed by atoms with van der Waals surface area (Å²) in [5.41, 5.74) is 1.02. The maximum atomic E-state index is 5.20. The van der Waals surface area contributed by atoms with Crippen molar-refractivity contribution in [1.82, 2.24) is 0 Å². The maximum Gasteiger partial charge on any atom is 0.610 e. The van der Waals surface area contributed by atoms with E-state index in [9.17, 15) is 0 Å². The van der Waals surface area contributed by atoms with Crippen LogP contribution in [0.25, 0.3) is 0 Å². The molecule has 0 aromatic carbocycles. The Kier molecular flexibility index (Phi) is 1.14. The van der Waals surface area contributed by atoms with E-state index >= 15 is 0 Å². The molecular formula is C6H6NO2Si+. The van der Waals surface area contributed by atoms with E-state index in [0.29, 0.717) is 0 Å². The van der Waals surface area contributed by atoms with Gasteiger partial charge < -0.3 is 8.85 Å². The summed E-state index contributed by atoms with van der Waals surface area (Å²) in [5, 5.41) is 0. The first kappa shape index (κ1) is 5.73. The number of fused-ring (bicyclic) bond motifs is 1. The molecule has 0 unspecified atom stereocenters. The molecule has 0 amide bonds. The summed E-state index contributed by atoms with van der Waals surface area (Å²) in [6, 6.07) is 1.86. The minimum Gasteiger partial charge on any atom is -0.505 e. The average molecular weight is 152 g/mol. The van der Waals surface area contributed by atoms with Crippen LogP contribution in [0.5, 0.6) is 11.5 Å². The number of hydrogen-bond donors (Lipinski definition) is 0. The van der Waals surface area contributed by atoms with Crippen LogP contribution in [0.3, 0.4) is 0 Å². The first-order chi connectivity index (χ1) is 4.88. The zero-order valence-electron chi connectivity index (χ0n) is 5.47. The van der Waals surface area contributed by atoms with Gasteiger partial charge in [0.05, 0.1) is 0 Å². The number of aromatic amines is 1. The summed E-state index contributed by atoms with van der Waals surface area (Å²) in [6.45, 7) is 1.96. The minimum absolute atomic E-state index is 0.123. The molecule has 0 saturated heterocycles. The van der Waals surface area contributed by atoms with Gasteiger partial charge in [-0.25, -0.2) is 4.98 Å². The van der Waals surface area contributed by atoms with E-state index in [2.05, 4.69) is 4.98 Å². The van der Waals surface area contributed by atoms with Gasteiger partial charge in [0, 0.05) is 13.0 Å². The number of hydrogen-bond acceptors (Lipinski definition) is 2. The van der Waals surface area contributed by atoms with Crippen molar-refractivity contribution >= 4 is 10.0 Å². The number of nitrogens with one attached hydrogen (secondary N) is 1. The zero-order valence-corrected chi connectivity index (χ0v) is 6.47. The van der Waals surface area contributed by atoms with Gasteiger partial charge in [0.25, 0.3) is 0 Å². The van der Waals surface area contributed by atoms with E-state index in [0.717, 1.165) is 17.2 Å². The zero-order chi connectivity index (χ0) is 6.97. The first-order valence-corrected chi connectivity index (χ1v) is 3.79. The fraction of sp³-hybridized carbons (Fsp3) is 0.167. The summed E-state index contributed by atoms with van der Waals surface area (Å²) < 4.78 is 10.4. The van der Waals surface area contributed by atoms with E-state index < -0.39 is 0 Å². The molecule has 0 fully saturated rings. The van der Waals surface area contributed by atoms with Crippen molar-refractivity contribution in [3.63, 3.8) is 0 Å². The molecule has 1 aliphatic heterocycles. The van der Waals surface area contributed by atoms with Crippen molar-refractivity contribution in [2.45, 2.75) is 6.92 Å². The van der Waals surface area contributed by atoms with Gasteiger partial charge in [-0.1, -0.05) is 0 Å². The molecular weight excluding hydrogens is 146 g/mol. The SMILES string of the molecule is Cc1[nH+]ccc2c1O[Si]O2. The summed E-state index contributed by atoms with van der Waals surface area (Å²) in [4.78, 5) is 3.03. The Morgan fingerprint density at radius 2 is 2.40 bits per heavy atom. The Balaban J connectivity index is 2.59. The van der Waals surface area contributed by atoms with Crippen LogP contribution in [0, 0.1) is 6.92 Å². The third-order valence-corrected chi connectivity index (χ3v) is 1.98. The van der Waals surface area contributed by atoms with E-state index in [-0.39, 0.29) is 10.0 Å². The van der Waals surface area contributed by atoms with Crippen molar-refractivity contribution in [1.29, 1.82) is 0 Å². The highest BCUT2D eigenvalue weighted by molar-refractivity contribution is 6.22. The second-order valence-electron chi connectivity index (χ2n) is 2.08. The Morgan fingerprint density at radius 3 is 3.20 bits per heavy atom. The van der Waals surface area contributed by atoms with Crippen LogP contribution in [0.15, 0.2) is 12.3 Å². The van der Waals surface area contributed by atoms with E-state index in [1.54, 1.807) is 0 Å². The molecule has 2 heterocycles. The average Bonchev–Trinajstić information content (AvgIpc) is 2.36. The van der Waals surface area contributed by atoms with Gasteiger partial charge in [0.1, 0.15) is 0 Å². The predicted octanol–water partition coefficient (Wildman–Crippen LogP) is 0.115. The molecule has 1 aliphatic rings. The molecule has 1 N–H and O–H groups in total. The second-order valence-corrected chi connectivity index (χ2v) is 2.66. The minimum atomic E-state index is 0.123. The molecule has 0 saturated carbocycles. The van der Waals surface area contributed by atoms with Crippen LogP contribution in [0.1, 0.15) is 5.69 Å². The predicted molar refractivity (Wildman–Crippen MR) is 34.7 cm³/mol. The highest BCUT2D eigenvalue weighted by Crippen LogP contribution is 2.30. The number of aryl methyl sites for hydroxylation is 1. The molecule has 4 heteroatoms. The van der Waals surface area contributed by atoms with Gasteiger partial charge in [-0.2, -0.15) is 0 Å². The summed E-state index contributed by atoms with van der Waals surface area (Å²) in [7, 11) is 0.123. The molecule has 50 valence electrons. The maximum absolute atomic E-state index is 5.20. The first-order valence-electron chi connectivity index (χ1n) is 2.98. The third-order valence-electron chi connectivity index (χ3n) is 1.39. The topological polar surface area (TPSA) is 32.6 Å². The summed E-state index contributed by atoms with van der Waals surface area (Å²) >= 11 is 0. The largest absolute Gasteiger partial charge is 0.610 e. The van der Waals surface area contributed by atoms with Crippen molar-refractivity contribution in [2.75, 3.05) is 0 Å². The van der Waals surface area contributed by atoms with Crippen LogP contribution in [-0.2, 0) is 0 Å². The lowest BCUT2D eigenvalue weighted by atomic mass is 10.3. The molecule has 0 atom stereocenters. The van der Waals surface area contributed by atoms with Gasteiger partial charge in [-0.3, -0.25) is 0 Å². The van der Waals surface area contributed by atoms with Gasteiger partial charge in [0.2, 0.25) is 11.4 Å². The lowest BCUT2D eigenvalue weighted by Crippen LogP contribution is -2.06. The van der Waals surface area contributed by atoms with E-state index in [1.807, 2.05) is 19.2 Å². The third kappa shape index (κ3) is 0.690. The number of H-pyrrole nitrogens is 1. The van der Waals surface area contributed by atoms with Crippen LogP contribution in [0.2, 0.25) is 0 Å². The van der Waals surface area contributed by atoms with E-state index in [4.69, 9.17) is 8.85 Å². The Bertz CT molecular complexity index is 264. The van der Waals surface area contributed by atoms with Crippen molar-refractivity contribution in [3.8, 4) is 11.5 Å². The molecule has 1 aromatic heterocycles. The molecule has 1 aromatic rings. The molecule has 0 spiro atoms. The molecule has 0 aliphatic carbocycles. The molecule has 2 rings (SSSR count). The van der Waals surface area contributed by atoms with Gasteiger partial charge >= 0.3 is 10.0 Å². The Hall–Kier alpha value is -1.03. The molecule has 0 bridgehead atoms. The van der Waals surface area contributed by atoms with Gasteiger partial charge in [-0.15, -0.1) is 0 Å². The van der Waals surface area contributed by atoms with Crippen molar-refractivity contribution in [2.24, 2.45) is 0 Å². The molecule has 3 nitrogen and oxygen atoms in total. The highest BCUT2D eigenvalue weighted by atomic mass is 28.3. The van der Waals surface area contributed by atoms with Crippen molar-refractivity contribution in [3.05, 3.63) is 18.0 Å². The van der Waals surface area contributed by atoms with Gasteiger partial charge in [-0.05, 0) is 0 Å². The Labute approximate surface area is 61.1 Å². The van der Waals surface area contributed by atoms with Crippen LogP contribution in [-0.4, -0.2) is 10.0 Å². The van der Waals surface area contributed by atoms with Crippen LogP contribution >= 0.6 is 0 Å². The monoisotopic (exact) mass is 152 g/mol. The molecule has 10 heavy (non-hydrogen) atoms. The summed E-state index contributed by atoms with van der Waals surface area (Å²) in [6.07, 6.45) is 1.84. The van der Waals surface area contributed by atoms with Gasteiger partial charge in [0.15, 0.2) is 11.9 Å². The number of aromatic nitrogens is 1. The van der Waals surface area contributed by atoms with Crippen LogP contribution < -0.4 is 13.8 Å². The van der Waals surface area contributed by atoms with Crippen molar-refractivity contribution < 1.29 is 13.8 Å². The summed E-state index contributed by atoms with van der Waals surface area (Å²) in [5.74, 6) is 1.69. The fourth-order valence-corrected chi connectivity index (χ4v) is 1.51. The Morgan fingerprint density at radius 1 is 1.50 bits per heavy atom. The molecule has 2 radical (unpaired) electrons. The quantitative estimate of drug-likeness (QED) is 0.494. The number of rotatable bonds is 0. The smallest absolute Gasteiger partial charge is 0.505 e. The fourth-order valence-electron chi connectivity index (χ4n) is 0.883. The van der Waals surface area contributed by atoms with E-state index in [1.165, 1.54) is 0 Å². The lowest BCUT2D eigenvalue weighted by molar-refractivity contribution is -0.388. The second kappa shape index (κ2) is 1.98. The number of pyridine rings is 1.